The maximum absolute atomic E-state index is 15.0. The first-order chi connectivity index (χ1) is 17.8. The number of rotatable bonds is 8. The van der Waals surface area contributed by atoms with Crippen LogP contribution in [0.2, 0.25) is 0 Å². The van der Waals surface area contributed by atoms with Gasteiger partial charge in [-0.1, -0.05) is 0 Å². The van der Waals surface area contributed by atoms with Gasteiger partial charge in [0.25, 0.3) is 0 Å². The molecule has 1 atom stereocenters. The van der Waals surface area contributed by atoms with Crippen LogP contribution >= 0.6 is 0 Å². The van der Waals surface area contributed by atoms with E-state index in [9.17, 15) is 14.3 Å². The van der Waals surface area contributed by atoms with E-state index >= 15 is 0 Å². The standard InChI is InChI=1S/C26H31FN6O4/c1-17-15-32(10-9-31(17)2)23-6-5-19(13-22(23)27)29-25-28-8-7-24(30-25)33(26(34)35)16-18-11-20(36-3)14-21(12-18)37-4/h5-8,11-14,17H,9-10,15-16H2,1-4H3,(H,34,35)(H,28,29,30). The summed E-state index contributed by atoms with van der Waals surface area (Å²) in [5.41, 5.74) is 1.66. The molecule has 1 saturated heterocycles. The van der Waals surface area contributed by atoms with Crippen molar-refractivity contribution in [2.24, 2.45) is 0 Å². The molecule has 1 unspecified atom stereocenters. The minimum Gasteiger partial charge on any atom is -0.497 e. The number of amides is 1. The third kappa shape index (κ3) is 6.18. The molecule has 1 aliphatic rings. The summed E-state index contributed by atoms with van der Waals surface area (Å²) < 4.78 is 25.6. The van der Waals surface area contributed by atoms with Gasteiger partial charge in [-0.2, -0.15) is 4.98 Å². The first-order valence-electron chi connectivity index (χ1n) is 11.8. The van der Waals surface area contributed by atoms with Crippen molar-refractivity contribution in [2.75, 3.05) is 56.0 Å². The Balaban J connectivity index is 1.52. The van der Waals surface area contributed by atoms with E-state index < -0.39 is 6.09 Å². The molecule has 0 radical (unpaired) electrons. The van der Waals surface area contributed by atoms with Gasteiger partial charge in [-0.05, 0) is 55.9 Å². The van der Waals surface area contributed by atoms with Crippen LogP contribution in [-0.2, 0) is 6.54 Å². The number of likely N-dealkylation sites (N-methyl/N-ethyl adjacent to an activating group) is 1. The summed E-state index contributed by atoms with van der Waals surface area (Å²) in [6, 6.07) is 11.9. The number of carboxylic acid groups (broad SMARTS) is 1. The fourth-order valence-corrected chi connectivity index (χ4v) is 4.18. The Morgan fingerprint density at radius 3 is 2.51 bits per heavy atom. The average Bonchev–Trinajstić information content (AvgIpc) is 2.89. The number of aromatic nitrogens is 2. The molecule has 10 nitrogen and oxygen atoms in total. The lowest BCUT2D eigenvalue weighted by Crippen LogP contribution is -2.50. The number of hydrogen-bond donors (Lipinski definition) is 2. The topological polar surface area (TPSA) is 103 Å². The number of nitrogens with zero attached hydrogens (tertiary/aromatic N) is 5. The smallest absolute Gasteiger partial charge is 0.413 e. The molecule has 37 heavy (non-hydrogen) atoms. The largest absolute Gasteiger partial charge is 0.497 e. The third-order valence-corrected chi connectivity index (χ3v) is 6.40. The number of ether oxygens (including phenoxy) is 2. The molecule has 3 aromatic rings. The van der Waals surface area contributed by atoms with Crippen molar-refractivity contribution >= 4 is 29.2 Å². The summed E-state index contributed by atoms with van der Waals surface area (Å²) in [6.45, 7) is 4.49. The van der Waals surface area contributed by atoms with Gasteiger partial charge in [0.05, 0.1) is 26.5 Å². The Morgan fingerprint density at radius 1 is 1.16 bits per heavy atom. The molecular weight excluding hydrogens is 479 g/mol. The second-order valence-electron chi connectivity index (χ2n) is 8.89. The highest BCUT2D eigenvalue weighted by molar-refractivity contribution is 5.84. The summed E-state index contributed by atoms with van der Waals surface area (Å²) >= 11 is 0. The second-order valence-corrected chi connectivity index (χ2v) is 8.89. The minimum absolute atomic E-state index is 0.00607. The van der Waals surface area contributed by atoms with Gasteiger partial charge in [0.1, 0.15) is 23.1 Å². The van der Waals surface area contributed by atoms with Crippen LogP contribution in [0.5, 0.6) is 11.5 Å². The van der Waals surface area contributed by atoms with Crippen LogP contribution in [0.4, 0.5) is 32.3 Å². The predicted octanol–water partition coefficient (Wildman–Crippen LogP) is 4.20. The van der Waals surface area contributed by atoms with Crippen LogP contribution in [0.15, 0.2) is 48.7 Å². The lowest BCUT2D eigenvalue weighted by Gasteiger charge is -2.39. The fraction of sp³-hybridized carbons (Fsp3) is 0.346. The molecule has 1 fully saturated rings. The molecule has 0 bridgehead atoms. The van der Waals surface area contributed by atoms with Crippen molar-refractivity contribution in [2.45, 2.75) is 19.5 Å². The van der Waals surface area contributed by atoms with E-state index in [0.29, 0.717) is 34.5 Å². The molecule has 2 aromatic carbocycles. The number of piperazine rings is 1. The zero-order chi connectivity index (χ0) is 26.5. The van der Waals surface area contributed by atoms with Gasteiger partial charge in [-0.25, -0.2) is 14.2 Å². The van der Waals surface area contributed by atoms with Crippen molar-refractivity contribution in [3.05, 3.63) is 60.0 Å². The summed E-state index contributed by atoms with van der Waals surface area (Å²) in [7, 11) is 5.12. The number of benzene rings is 2. The Labute approximate surface area is 215 Å². The van der Waals surface area contributed by atoms with Gasteiger partial charge in [-0.3, -0.25) is 4.90 Å². The third-order valence-electron chi connectivity index (χ3n) is 6.40. The van der Waals surface area contributed by atoms with Crippen molar-refractivity contribution < 1.29 is 23.8 Å². The molecule has 196 valence electrons. The zero-order valence-corrected chi connectivity index (χ0v) is 21.3. The molecule has 1 aromatic heterocycles. The number of hydrogen-bond acceptors (Lipinski definition) is 8. The Bertz CT molecular complexity index is 1240. The molecular formula is C26H31FN6O4. The van der Waals surface area contributed by atoms with Gasteiger partial charge in [0.15, 0.2) is 0 Å². The highest BCUT2D eigenvalue weighted by Gasteiger charge is 2.23. The Hall–Kier alpha value is -4.12. The van der Waals surface area contributed by atoms with Crippen LogP contribution in [-0.4, -0.2) is 73.0 Å². The van der Waals surface area contributed by atoms with Gasteiger partial charge in [-0.15, -0.1) is 0 Å². The highest BCUT2D eigenvalue weighted by atomic mass is 19.1. The molecule has 4 rings (SSSR count). The van der Waals surface area contributed by atoms with E-state index in [1.165, 1.54) is 32.5 Å². The van der Waals surface area contributed by atoms with E-state index in [-0.39, 0.29) is 24.1 Å². The molecule has 2 heterocycles. The minimum atomic E-state index is -1.19. The molecule has 0 spiro atoms. The lowest BCUT2D eigenvalue weighted by atomic mass is 10.1. The fourth-order valence-electron chi connectivity index (χ4n) is 4.18. The summed E-state index contributed by atoms with van der Waals surface area (Å²) in [4.78, 5) is 26.0. The van der Waals surface area contributed by atoms with Crippen LogP contribution < -0.4 is 24.6 Å². The van der Waals surface area contributed by atoms with Gasteiger partial charge >= 0.3 is 6.09 Å². The van der Waals surface area contributed by atoms with Gasteiger partial charge in [0, 0.05) is 43.6 Å². The van der Waals surface area contributed by atoms with E-state index in [1.807, 2.05) is 4.90 Å². The lowest BCUT2D eigenvalue weighted by molar-refractivity contribution is 0.201. The molecule has 1 aliphatic heterocycles. The maximum atomic E-state index is 15.0. The SMILES string of the molecule is COc1cc(CN(C(=O)O)c2ccnc(Nc3ccc(N4CCN(C)C(C)C4)c(F)c3)n2)cc(OC)c1. The summed E-state index contributed by atoms with van der Waals surface area (Å²) in [5.74, 6) is 1.04. The molecule has 11 heteroatoms. The monoisotopic (exact) mass is 510 g/mol. The van der Waals surface area contributed by atoms with Crippen molar-refractivity contribution in [1.29, 1.82) is 0 Å². The molecule has 0 saturated carbocycles. The maximum Gasteiger partial charge on any atom is 0.413 e. The van der Waals surface area contributed by atoms with E-state index in [1.54, 1.807) is 30.3 Å². The highest BCUT2D eigenvalue weighted by Crippen LogP contribution is 2.28. The molecule has 1 amide bonds. The molecule has 2 N–H and O–H groups in total. The van der Waals surface area contributed by atoms with Crippen LogP contribution in [0, 0.1) is 5.82 Å². The number of carbonyl (C=O) groups is 1. The quantitative estimate of drug-likeness (QED) is 0.461. The zero-order valence-electron chi connectivity index (χ0n) is 21.3. The van der Waals surface area contributed by atoms with Gasteiger partial charge < -0.3 is 29.7 Å². The van der Waals surface area contributed by atoms with Crippen LogP contribution in [0.25, 0.3) is 0 Å². The average molecular weight is 511 g/mol. The van der Waals surface area contributed by atoms with E-state index in [0.717, 1.165) is 24.5 Å². The predicted molar refractivity (Wildman–Crippen MR) is 140 cm³/mol. The number of methoxy groups -OCH3 is 2. The van der Waals surface area contributed by atoms with Crippen LogP contribution in [0.1, 0.15) is 12.5 Å². The first kappa shape index (κ1) is 26.0. The Kier molecular flexibility index (Phi) is 7.92. The van der Waals surface area contributed by atoms with E-state index in [4.69, 9.17) is 9.47 Å². The number of anilines is 4. The normalized spacial score (nSPS) is 15.8. The second kappa shape index (κ2) is 11.3. The number of nitrogens with one attached hydrogen (secondary N) is 1. The number of halogens is 1. The van der Waals surface area contributed by atoms with E-state index in [2.05, 4.69) is 34.2 Å². The van der Waals surface area contributed by atoms with Crippen molar-refractivity contribution in [1.82, 2.24) is 14.9 Å². The molecule has 0 aliphatic carbocycles. The Morgan fingerprint density at radius 2 is 1.89 bits per heavy atom. The van der Waals surface area contributed by atoms with Crippen molar-refractivity contribution in [3.8, 4) is 11.5 Å². The van der Waals surface area contributed by atoms with Crippen molar-refractivity contribution in [3.63, 3.8) is 0 Å². The first-order valence-corrected chi connectivity index (χ1v) is 11.8. The summed E-state index contributed by atoms with van der Waals surface area (Å²) in [5, 5.41) is 12.8. The summed E-state index contributed by atoms with van der Waals surface area (Å²) in [6.07, 6.45) is 0.256. The van der Waals surface area contributed by atoms with Gasteiger partial charge in [0.2, 0.25) is 5.95 Å². The van der Waals surface area contributed by atoms with Crippen LogP contribution in [0.3, 0.4) is 0 Å².